The fourth-order valence-corrected chi connectivity index (χ4v) is 3.10. The van der Waals surface area contributed by atoms with E-state index in [1.807, 2.05) is 18.2 Å². The number of rotatable bonds is 4. The molecule has 1 saturated heterocycles. The third-order valence-electron chi connectivity index (χ3n) is 3.95. The monoisotopic (exact) mass is 261 g/mol. The molecule has 0 aliphatic carbocycles. The second kappa shape index (κ2) is 5.74. The van der Waals surface area contributed by atoms with Crippen molar-refractivity contribution in [3.05, 3.63) is 35.9 Å². The molecule has 0 saturated carbocycles. The molecule has 1 aliphatic rings. The van der Waals surface area contributed by atoms with Crippen LogP contribution >= 0.6 is 0 Å². The van der Waals surface area contributed by atoms with E-state index in [1.54, 1.807) is 0 Å². The summed E-state index contributed by atoms with van der Waals surface area (Å²) in [5.41, 5.74) is 6.54. The molecule has 1 aromatic rings. The van der Waals surface area contributed by atoms with Gasteiger partial charge in [0.25, 0.3) is 0 Å². The number of ether oxygens (including phenoxy) is 1. The molecule has 0 aromatic heterocycles. The Bertz CT molecular complexity index is 428. The van der Waals surface area contributed by atoms with Crippen molar-refractivity contribution in [3.8, 4) is 0 Å². The van der Waals surface area contributed by atoms with Crippen molar-refractivity contribution in [1.82, 2.24) is 0 Å². The molecule has 2 N–H and O–H groups in total. The van der Waals surface area contributed by atoms with Gasteiger partial charge in [0.2, 0.25) is 5.91 Å². The predicted molar refractivity (Wildman–Crippen MR) is 75.7 cm³/mol. The standard InChI is InChI=1S/C16H23NO2/c1-16(2)11-13(8-9-19-16)14(10-15(17)18)12-6-4-3-5-7-12/h3-7,13-14H,8-11H2,1-2H3,(H2,17,18)/t13-,14+/m0/s1. The van der Waals surface area contributed by atoms with Gasteiger partial charge in [-0.15, -0.1) is 0 Å². The Morgan fingerprint density at radius 3 is 2.68 bits per heavy atom. The molecule has 0 radical (unpaired) electrons. The molecule has 0 bridgehead atoms. The lowest BCUT2D eigenvalue weighted by Crippen LogP contribution is -2.37. The van der Waals surface area contributed by atoms with E-state index in [0.29, 0.717) is 12.3 Å². The fraction of sp³-hybridized carbons (Fsp3) is 0.562. The van der Waals surface area contributed by atoms with Gasteiger partial charge in [-0.2, -0.15) is 0 Å². The van der Waals surface area contributed by atoms with E-state index in [0.717, 1.165) is 19.4 Å². The van der Waals surface area contributed by atoms with E-state index in [1.165, 1.54) is 5.56 Å². The summed E-state index contributed by atoms with van der Waals surface area (Å²) in [6.45, 7) is 5.00. The van der Waals surface area contributed by atoms with Gasteiger partial charge in [0.05, 0.1) is 5.60 Å². The van der Waals surface area contributed by atoms with Gasteiger partial charge in [-0.3, -0.25) is 4.79 Å². The van der Waals surface area contributed by atoms with Crippen molar-refractivity contribution in [1.29, 1.82) is 0 Å². The molecule has 1 fully saturated rings. The molecular formula is C16H23NO2. The van der Waals surface area contributed by atoms with Crippen LogP contribution in [0, 0.1) is 5.92 Å². The zero-order valence-electron chi connectivity index (χ0n) is 11.8. The topological polar surface area (TPSA) is 52.3 Å². The van der Waals surface area contributed by atoms with Crippen molar-refractivity contribution in [3.63, 3.8) is 0 Å². The highest BCUT2D eigenvalue weighted by Gasteiger charge is 2.34. The van der Waals surface area contributed by atoms with E-state index < -0.39 is 0 Å². The molecule has 1 amide bonds. The average Bonchev–Trinajstić information content (AvgIpc) is 2.35. The molecule has 0 unspecified atom stereocenters. The number of carbonyl (C=O) groups excluding carboxylic acids is 1. The number of carbonyl (C=O) groups is 1. The maximum atomic E-state index is 11.4. The Kier molecular flexibility index (Phi) is 4.25. The van der Waals surface area contributed by atoms with Gasteiger partial charge in [-0.05, 0) is 44.1 Å². The van der Waals surface area contributed by atoms with Crippen LogP contribution in [0.5, 0.6) is 0 Å². The number of benzene rings is 1. The first-order chi connectivity index (χ1) is 8.98. The van der Waals surface area contributed by atoms with E-state index in [4.69, 9.17) is 10.5 Å². The Hall–Kier alpha value is -1.35. The molecule has 3 heteroatoms. The van der Waals surface area contributed by atoms with E-state index >= 15 is 0 Å². The van der Waals surface area contributed by atoms with E-state index in [-0.39, 0.29) is 17.4 Å². The maximum absolute atomic E-state index is 11.4. The van der Waals surface area contributed by atoms with E-state index in [2.05, 4.69) is 26.0 Å². The smallest absolute Gasteiger partial charge is 0.218 e. The Labute approximate surface area is 115 Å². The summed E-state index contributed by atoms with van der Waals surface area (Å²) >= 11 is 0. The first-order valence-corrected chi connectivity index (χ1v) is 6.95. The van der Waals surface area contributed by atoms with Crippen molar-refractivity contribution in [2.75, 3.05) is 6.61 Å². The number of primary amides is 1. The summed E-state index contributed by atoms with van der Waals surface area (Å²) in [5.74, 6) is 0.443. The van der Waals surface area contributed by atoms with Crippen LogP contribution in [0.25, 0.3) is 0 Å². The third kappa shape index (κ3) is 3.80. The summed E-state index contributed by atoms with van der Waals surface area (Å²) in [7, 11) is 0. The van der Waals surface area contributed by atoms with Gasteiger partial charge in [-0.25, -0.2) is 0 Å². The van der Waals surface area contributed by atoms with Crippen molar-refractivity contribution >= 4 is 5.91 Å². The molecule has 2 atom stereocenters. The molecule has 1 aromatic carbocycles. The summed E-state index contributed by atoms with van der Waals surface area (Å²) in [6.07, 6.45) is 2.39. The third-order valence-corrected chi connectivity index (χ3v) is 3.95. The Morgan fingerprint density at radius 1 is 1.42 bits per heavy atom. The quantitative estimate of drug-likeness (QED) is 0.906. The minimum atomic E-state index is -0.224. The van der Waals surface area contributed by atoms with Crippen molar-refractivity contribution < 1.29 is 9.53 Å². The highest BCUT2D eigenvalue weighted by Crippen LogP contribution is 2.39. The number of amides is 1. The predicted octanol–water partition coefficient (Wildman–Crippen LogP) is 2.85. The molecular weight excluding hydrogens is 238 g/mol. The molecule has 104 valence electrons. The lowest BCUT2D eigenvalue weighted by molar-refractivity contribution is -0.119. The fourth-order valence-electron chi connectivity index (χ4n) is 3.10. The first kappa shape index (κ1) is 14.1. The van der Waals surface area contributed by atoms with Gasteiger partial charge in [0.15, 0.2) is 0 Å². The summed E-state index contributed by atoms with van der Waals surface area (Å²) in [5, 5.41) is 0. The first-order valence-electron chi connectivity index (χ1n) is 6.95. The largest absolute Gasteiger partial charge is 0.376 e. The Morgan fingerprint density at radius 2 is 2.11 bits per heavy atom. The minimum Gasteiger partial charge on any atom is -0.376 e. The van der Waals surface area contributed by atoms with Gasteiger partial charge in [-0.1, -0.05) is 30.3 Å². The molecule has 1 heterocycles. The zero-order chi connectivity index (χ0) is 13.9. The number of hydrogen-bond acceptors (Lipinski definition) is 2. The molecule has 2 rings (SSSR count). The van der Waals surface area contributed by atoms with Crippen LogP contribution in [-0.4, -0.2) is 18.1 Å². The lowest BCUT2D eigenvalue weighted by atomic mass is 9.75. The zero-order valence-corrected chi connectivity index (χ0v) is 11.8. The number of nitrogens with two attached hydrogens (primary N) is 1. The van der Waals surface area contributed by atoms with Crippen molar-refractivity contribution in [2.24, 2.45) is 11.7 Å². The van der Waals surface area contributed by atoms with Crippen molar-refractivity contribution in [2.45, 2.75) is 44.6 Å². The Balaban J connectivity index is 2.20. The highest BCUT2D eigenvalue weighted by molar-refractivity contribution is 5.74. The molecule has 3 nitrogen and oxygen atoms in total. The second-order valence-corrected chi connectivity index (χ2v) is 6.05. The maximum Gasteiger partial charge on any atom is 0.218 e. The molecule has 19 heavy (non-hydrogen) atoms. The van der Waals surface area contributed by atoms with Crippen LogP contribution in [0.1, 0.15) is 44.6 Å². The van der Waals surface area contributed by atoms with Crippen LogP contribution < -0.4 is 5.73 Å². The highest BCUT2D eigenvalue weighted by atomic mass is 16.5. The van der Waals surface area contributed by atoms with Crippen LogP contribution in [0.15, 0.2) is 30.3 Å². The SMILES string of the molecule is CC1(C)C[C@@H]([C@H](CC(N)=O)c2ccccc2)CCO1. The van der Waals surface area contributed by atoms with Crippen LogP contribution in [0.2, 0.25) is 0 Å². The lowest BCUT2D eigenvalue weighted by Gasteiger charge is -2.39. The second-order valence-electron chi connectivity index (χ2n) is 6.05. The average molecular weight is 261 g/mol. The van der Waals surface area contributed by atoms with Gasteiger partial charge in [0.1, 0.15) is 0 Å². The summed E-state index contributed by atoms with van der Waals surface area (Å²) in [4.78, 5) is 11.4. The summed E-state index contributed by atoms with van der Waals surface area (Å²) in [6, 6.07) is 10.2. The van der Waals surface area contributed by atoms with Crippen LogP contribution in [0.4, 0.5) is 0 Å². The van der Waals surface area contributed by atoms with Gasteiger partial charge < -0.3 is 10.5 Å². The number of hydrogen-bond donors (Lipinski definition) is 1. The molecule has 1 aliphatic heterocycles. The molecule has 0 spiro atoms. The van der Waals surface area contributed by atoms with Crippen LogP contribution in [0.3, 0.4) is 0 Å². The van der Waals surface area contributed by atoms with E-state index in [9.17, 15) is 4.79 Å². The minimum absolute atomic E-state index is 0.104. The summed E-state index contributed by atoms with van der Waals surface area (Å²) < 4.78 is 5.77. The van der Waals surface area contributed by atoms with Crippen LogP contribution in [-0.2, 0) is 9.53 Å². The van der Waals surface area contributed by atoms with Gasteiger partial charge in [0, 0.05) is 13.0 Å². The normalized spacial score (nSPS) is 23.8. The van der Waals surface area contributed by atoms with Gasteiger partial charge >= 0.3 is 0 Å².